The van der Waals surface area contributed by atoms with Crippen molar-refractivity contribution in [3.8, 4) is 17.2 Å². The third-order valence-corrected chi connectivity index (χ3v) is 3.77. The number of hydrogen-bond acceptors (Lipinski definition) is 5. The average Bonchev–Trinajstić information content (AvgIpc) is 2.87. The van der Waals surface area contributed by atoms with Crippen LogP contribution in [-0.4, -0.2) is 33.8 Å². The molecule has 2 aromatic rings. The van der Waals surface area contributed by atoms with E-state index in [0.717, 1.165) is 11.3 Å². The molecule has 1 atom stereocenters. The molecule has 0 bridgehead atoms. The minimum absolute atomic E-state index is 0.0875. The molecule has 0 amide bonds. The average molecular weight is 281 g/mol. The lowest BCUT2D eigenvalue weighted by Crippen LogP contribution is -2.04. The summed E-state index contributed by atoms with van der Waals surface area (Å²) in [5, 5.41) is 8.70. The van der Waals surface area contributed by atoms with Gasteiger partial charge < -0.3 is 14.3 Å². The number of benzene rings is 1. The summed E-state index contributed by atoms with van der Waals surface area (Å²) in [6.07, 6.45) is 1.49. The van der Waals surface area contributed by atoms with Gasteiger partial charge in [-0.25, -0.2) is 4.98 Å². The highest BCUT2D eigenvalue weighted by atomic mass is 32.2. The van der Waals surface area contributed by atoms with E-state index >= 15 is 0 Å². The molecule has 0 saturated heterocycles. The molecule has 19 heavy (non-hydrogen) atoms. The Morgan fingerprint density at radius 1 is 1.37 bits per heavy atom. The number of oxazole rings is 1. The molecule has 0 radical (unpaired) electrons. The monoisotopic (exact) mass is 281 g/mol. The molecule has 1 heterocycles. The van der Waals surface area contributed by atoms with Crippen LogP contribution in [0.25, 0.3) is 11.5 Å². The van der Waals surface area contributed by atoms with Crippen LogP contribution in [-0.2, 0) is 16.6 Å². The molecule has 5 nitrogen and oxygen atoms in total. The summed E-state index contributed by atoms with van der Waals surface area (Å²) in [4.78, 5) is 4.28. The van der Waals surface area contributed by atoms with E-state index < -0.39 is 10.8 Å². The number of methoxy groups -OCH3 is 1. The molecule has 0 aliphatic rings. The van der Waals surface area contributed by atoms with E-state index in [1.165, 1.54) is 6.26 Å². The van der Waals surface area contributed by atoms with Crippen LogP contribution >= 0.6 is 0 Å². The van der Waals surface area contributed by atoms with Crippen molar-refractivity contribution < 1.29 is 18.5 Å². The van der Waals surface area contributed by atoms with E-state index in [0.29, 0.717) is 17.3 Å². The highest BCUT2D eigenvalue weighted by Crippen LogP contribution is 2.22. The molecule has 102 valence electrons. The third-order valence-electron chi connectivity index (χ3n) is 2.52. The van der Waals surface area contributed by atoms with Gasteiger partial charge in [0.05, 0.1) is 25.2 Å². The van der Waals surface area contributed by atoms with Gasteiger partial charge in [0.2, 0.25) is 5.89 Å². The number of nitrogens with zero attached hydrogens (tertiary/aromatic N) is 1. The Bertz CT molecular complexity index is 550. The predicted molar refractivity (Wildman–Crippen MR) is 72.3 cm³/mol. The fourth-order valence-electron chi connectivity index (χ4n) is 1.58. The van der Waals surface area contributed by atoms with Crippen molar-refractivity contribution in [3.05, 3.63) is 36.2 Å². The van der Waals surface area contributed by atoms with Crippen molar-refractivity contribution in [1.29, 1.82) is 0 Å². The van der Waals surface area contributed by atoms with E-state index in [9.17, 15) is 4.21 Å². The second kappa shape index (κ2) is 6.49. The minimum Gasteiger partial charge on any atom is -0.497 e. The molecular weight excluding hydrogens is 266 g/mol. The number of aliphatic hydroxyl groups excluding tert-OH is 1. The summed E-state index contributed by atoms with van der Waals surface area (Å²) >= 11 is 0. The minimum atomic E-state index is -1.11. The first-order valence-corrected chi connectivity index (χ1v) is 7.26. The zero-order chi connectivity index (χ0) is 13.7. The summed E-state index contributed by atoms with van der Waals surface area (Å²) in [6, 6.07) is 7.34. The normalized spacial score (nSPS) is 12.3. The topological polar surface area (TPSA) is 72.6 Å². The summed E-state index contributed by atoms with van der Waals surface area (Å²) in [6.45, 7) is -0.0875. The number of aliphatic hydroxyl groups is 1. The Morgan fingerprint density at radius 2 is 2.11 bits per heavy atom. The van der Waals surface area contributed by atoms with E-state index in [1.807, 2.05) is 24.3 Å². The SMILES string of the molecule is COc1ccc(-c2nc(CS(=O)CCO)co2)cc1. The summed E-state index contributed by atoms with van der Waals surface area (Å²) in [7, 11) is 0.494. The van der Waals surface area contributed by atoms with Crippen molar-refractivity contribution in [2.24, 2.45) is 0 Å². The lowest BCUT2D eigenvalue weighted by atomic mass is 10.2. The van der Waals surface area contributed by atoms with Gasteiger partial charge in [-0.3, -0.25) is 4.21 Å². The van der Waals surface area contributed by atoms with Gasteiger partial charge in [-0.2, -0.15) is 0 Å². The van der Waals surface area contributed by atoms with Gasteiger partial charge in [0.1, 0.15) is 12.0 Å². The lowest BCUT2D eigenvalue weighted by Gasteiger charge is -1.99. The van der Waals surface area contributed by atoms with Gasteiger partial charge in [0.15, 0.2) is 0 Å². The van der Waals surface area contributed by atoms with Crippen LogP contribution < -0.4 is 4.74 Å². The molecule has 2 rings (SSSR count). The summed E-state index contributed by atoms with van der Waals surface area (Å²) in [5.74, 6) is 1.79. The molecule has 0 aliphatic carbocycles. The molecule has 0 fully saturated rings. The zero-order valence-electron chi connectivity index (χ0n) is 10.5. The smallest absolute Gasteiger partial charge is 0.226 e. The van der Waals surface area contributed by atoms with Gasteiger partial charge in [-0.1, -0.05) is 0 Å². The maximum Gasteiger partial charge on any atom is 0.226 e. The van der Waals surface area contributed by atoms with E-state index in [2.05, 4.69) is 4.98 Å². The first-order valence-electron chi connectivity index (χ1n) is 5.77. The lowest BCUT2D eigenvalue weighted by molar-refractivity contribution is 0.321. The van der Waals surface area contributed by atoms with Gasteiger partial charge in [0.25, 0.3) is 0 Å². The summed E-state index contributed by atoms with van der Waals surface area (Å²) in [5.41, 5.74) is 1.46. The molecule has 1 unspecified atom stereocenters. The Balaban J connectivity index is 2.09. The predicted octanol–water partition coefficient (Wildman–Crippen LogP) is 1.59. The molecule has 0 spiro atoms. The van der Waals surface area contributed by atoms with Crippen molar-refractivity contribution >= 4 is 10.8 Å². The zero-order valence-corrected chi connectivity index (χ0v) is 11.4. The van der Waals surface area contributed by atoms with Gasteiger partial charge >= 0.3 is 0 Å². The highest BCUT2D eigenvalue weighted by molar-refractivity contribution is 7.84. The van der Waals surface area contributed by atoms with E-state index in [1.54, 1.807) is 7.11 Å². The Kier molecular flexibility index (Phi) is 4.70. The first kappa shape index (κ1) is 13.8. The van der Waals surface area contributed by atoms with Crippen molar-refractivity contribution in [2.45, 2.75) is 5.75 Å². The molecule has 0 saturated carbocycles. The van der Waals surface area contributed by atoms with Crippen LogP contribution in [0.15, 0.2) is 34.9 Å². The van der Waals surface area contributed by atoms with Gasteiger partial charge in [-0.05, 0) is 24.3 Å². The second-order valence-corrected chi connectivity index (χ2v) is 5.46. The molecule has 6 heteroatoms. The Hall–Kier alpha value is -1.66. The molecular formula is C13H15NO4S. The third kappa shape index (κ3) is 3.65. The largest absolute Gasteiger partial charge is 0.497 e. The molecule has 0 aliphatic heterocycles. The quantitative estimate of drug-likeness (QED) is 0.870. The maximum atomic E-state index is 11.5. The first-order chi connectivity index (χ1) is 9.22. The number of aromatic nitrogens is 1. The molecule has 1 aromatic heterocycles. The number of ether oxygens (including phenoxy) is 1. The fraction of sp³-hybridized carbons (Fsp3) is 0.308. The van der Waals surface area contributed by atoms with Crippen LogP contribution in [0, 0.1) is 0 Å². The number of hydrogen-bond donors (Lipinski definition) is 1. The van der Waals surface area contributed by atoms with Crippen molar-refractivity contribution in [3.63, 3.8) is 0 Å². The van der Waals surface area contributed by atoms with Crippen molar-refractivity contribution in [2.75, 3.05) is 19.5 Å². The van der Waals surface area contributed by atoms with E-state index in [-0.39, 0.29) is 12.4 Å². The summed E-state index contributed by atoms with van der Waals surface area (Å²) < 4.78 is 21.9. The second-order valence-electron chi connectivity index (χ2n) is 3.88. The molecule has 1 N–H and O–H groups in total. The van der Waals surface area contributed by atoms with Crippen molar-refractivity contribution in [1.82, 2.24) is 4.98 Å². The number of rotatable bonds is 6. The Labute approximate surface area is 113 Å². The Morgan fingerprint density at radius 3 is 2.74 bits per heavy atom. The van der Waals surface area contributed by atoms with Crippen LogP contribution in [0.2, 0.25) is 0 Å². The fourth-order valence-corrected chi connectivity index (χ4v) is 2.39. The molecule has 1 aromatic carbocycles. The van der Waals surface area contributed by atoms with Gasteiger partial charge in [-0.15, -0.1) is 0 Å². The van der Waals surface area contributed by atoms with Crippen LogP contribution in [0.3, 0.4) is 0 Å². The maximum absolute atomic E-state index is 11.5. The van der Waals surface area contributed by atoms with Crippen LogP contribution in [0.1, 0.15) is 5.69 Å². The standard InChI is InChI=1S/C13H15NO4S/c1-17-12-4-2-10(3-5-12)13-14-11(8-18-13)9-19(16)7-6-15/h2-5,8,15H,6-7,9H2,1H3. The van der Waals surface area contributed by atoms with Gasteiger partial charge in [0, 0.05) is 22.1 Å². The highest BCUT2D eigenvalue weighted by Gasteiger charge is 2.09. The van der Waals surface area contributed by atoms with Crippen LogP contribution in [0.5, 0.6) is 5.75 Å². The van der Waals surface area contributed by atoms with Crippen LogP contribution in [0.4, 0.5) is 0 Å². The van der Waals surface area contributed by atoms with E-state index in [4.69, 9.17) is 14.3 Å².